The molecule has 5 nitrogen and oxygen atoms in total. The Hall–Kier alpha value is -2.46. The quantitative estimate of drug-likeness (QED) is 0.896. The molecule has 2 rings (SSSR count). The molecule has 0 spiro atoms. The highest BCUT2D eigenvalue weighted by Crippen LogP contribution is 2.19. The smallest absolute Gasteiger partial charge is 0.355 e. The number of halogens is 1. The van der Waals surface area contributed by atoms with Crippen LogP contribution in [0.25, 0.3) is 0 Å². The van der Waals surface area contributed by atoms with E-state index < -0.39 is 11.8 Å². The molecule has 1 aromatic heterocycles. The van der Waals surface area contributed by atoms with E-state index in [1.54, 1.807) is 12.1 Å². The number of carboxylic acid groups (broad SMARTS) is 1. The number of thiazole rings is 1. The number of anilines is 1. The average Bonchev–Trinajstić information content (AvgIpc) is 2.85. The van der Waals surface area contributed by atoms with E-state index in [2.05, 4.69) is 10.3 Å². The van der Waals surface area contributed by atoms with Crippen molar-refractivity contribution in [3.05, 3.63) is 45.7 Å². The Labute approximate surface area is 112 Å². The fraction of sp³-hybridized carbons (Fsp3) is 0.0833. The second kappa shape index (κ2) is 5.46. The van der Waals surface area contributed by atoms with E-state index in [4.69, 9.17) is 10.4 Å². The van der Waals surface area contributed by atoms with Gasteiger partial charge in [-0.2, -0.15) is 5.26 Å². The summed E-state index contributed by atoms with van der Waals surface area (Å²) >= 11 is 1.18. The van der Waals surface area contributed by atoms with Crippen LogP contribution in [-0.4, -0.2) is 16.1 Å². The Morgan fingerprint density at radius 1 is 1.58 bits per heavy atom. The Morgan fingerprint density at radius 3 is 3.00 bits per heavy atom. The van der Waals surface area contributed by atoms with E-state index >= 15 is 0 Å². The van der Waals surface area contributed by atoms with Crippen LogP contribution in [0.2, 0.25) is 0 Å². The maximum absolute atomic E-state index is 13.3. The molecule has 0 saturated carbocycles. The Balaban J connectivity index is 2.12. The van der Waals surface area contributed by atoms with Crippen LogP contribution in [0.1, 0.15) is 21.1 Å². The van der Waals surface area contributed by atoms with E-state index in [-0.39, 0.29) is 17.8 Å². The minimum atomic E-state index is -1.09. The summed E-state index contributed by atoms with van der Waals surface area (Å²) in [7, 11) is 0. The van der Waals surface area contributed by atoms with Crippen molar-refractivity contribution in [3.8, 4) is 6.07 Å². The molecule has 0 unspecified atom stereocenters. The topological polar surface area (TPSA) is 86.0 Å². The summed E-state index contributed by atoms with van der Waals surface area (Å²) in [6, 6.07) is 6.04. The summed E-state index contributed by atoms with van der Waals surface area (Å²) in [4.78, 5) is 14.5. The van der Waals surface area contributed by atoms with Gasteiger partial charge in [-0.25, -0.2) is 14.2 Å². The van der Waals surface area contributed by atoms with E-state index in [1.165, 1.54) is 28.8 Å². The van der Waals surface area contributed by atoms with Gasteiger partial charge in [0.05, 0.1) is 12.2 Å². The first-order valence-corrected chi connectivity index (χ1v) is 6.10. The summed E-state index contributed by atoms with van der Waals surface area (Å²) in [5, 5.41) is 22.4. The first kappa shape index (κ1) is 13.0. The van der Waals surface area contributed by atoms with E-state index in [9.17, 15) is 9.18 Å². The van der Waals surface area contributed by atoms with Gasteiger partial charge in [-0.15, -0.1) is 11.3 Å². The number of hydrogen-bond donors (Lipinski definition) is 2. The second-order valence-electron chi connectivity index (χ2n) is 3.56. The lowest BCUT2D eigenvalue weighted by Crippen LogP contribution is -2.03. The molecule has 0 aliphatic heterocycles. The Bertz CT molecular complexity index is 663. The molecule has 1 heterocycles. The second-order valence-corrected chi connectivity index (χ2v) is 4.50. The first-order chi connectivity index (χ1) is 9.11. The zero-order valence-corrected chi connectivity index (χ0v) is 10.4. The maximum atomic E-state index is 13.3. The molecule has 0 aliphatic carbocycles. The molecule has 7 heteroatoms. The van der Waals surface area contributed by atoms with Crippen LogP contribution >= 0.6 is 11.3 Å². The average molecular weight is 277 g/mol. The highest BCUT2D eigenvalue weighted by Gasteiger charge is 2.10. The SMILES string of the molecule is N#Cc1c(F)cccc1NCc1nc(C(=O)O)cs1. The third kappa shape index (κ3) is 2.86. The van der Waals surface area contributed by atoms with Gasteiger partial charge in [-0.1, -0.05) is 6.07 Å². The highest BCUT2D eigenvalue weighted by molar-refractivity contribution is 7.09. The highest BCUT2D eigenvalue weighted by atomic mass is 32.1. The van der Waals surface area contributed by atoms with Gasteiger partial charge in [0.1, 0.15) is 22.5 Å². The lowest BCUT2D eigenvalue weighted by atomic mass is 10.2. The van der Waals surface area contributed by atoms with Crippen LogP contribution in [-0.2, 0) is 6.54 Å². The molecule has 1 aromatic carbocycles. The number of aromatic nitrogens is 1. The molecule has 0 radical (unpaired) electrons. The minimum absolute atomic E-state index is 0.0263. The number of carboxylic acids is 1. The number of nitrogens with zero attached hydrogens (tertiary/aromatic N) is 2. The van der Waals surface area contributed by atoms with Gasteiger partial charge >= 0.3 is 5.97 Å². The molecular weight excluding hydrogens is 269 g/mol. The maximum Gasteiger partial charge on any atom is 0.355 e. The zero-order valence-electron chi connectivity index (χ0n) is 9.55. The molecule has 0 aliphatic rings. The summed E-state index contributed by atoms with van der Waals surface area (Å²) < 4.78 is 13.3. The third-order valence-electron chi connectivity index (χ3n) is 2.33. The summed E-state index contributed by atoms with van der Waals surface area (Å²) in [5.74, 6) is -1.69. The predicted octanol–water partition coefficient (Wildman–Crippen LogP) is 2.46. The molecule has 2 aromatic rings. The third-order valence-corrected chi connectivity index (χ3v) is 3.18. The summed E-state index contributed by atoms with van der Waals surface area (Å²) in [6.07, 6.45) is 0. The number of hydrogen-bond acceptors (Lipinski definition) is 5. The van der Waals surface area contributed by atoms with Gasteiger partial charge in [0.2, 0.25) is 0 Å². The molecule has 0 atom stereocenters. The summed E-state index contributed by atoms with van der Waals surface area (Å²) in [6.45, 7) is 0.232. The number of aromatic carboxylic acids is 1. The molecule has 0 bridgehead atoms. The summed E-state index contributed by atoms with van der Waals surface area (Å²) in [5.41, 5.74) is 0.258. The van der Waals surface area contributed by atoms with Crippen LogP contribution in [0, 0.1) is 17.1 Å². The molecule has 19 heavy (non-hydrogen) atoms. The standard InChI is InChI=1S/C12H8FN3O2S/c13-8-2-1-3-9(7(8)4-14)15-5-11-16-10(6-19-11)12(17)18/h1-3,6,15H,5H2,(H,17,18). The lowest BCUT2D eigenvalue weighted by molar-refractivity contribution is 0.0691. The van der Waals surface area contributed by atoms with Crippen molar-refractivity contribution in [1.29, 1.82) is 5.26 Å². The van der Waals surface area contributed by atoms with Crippen molar-refractivity contribution in [2.24, 2.45) is 0 Å². The largest absolute Gasteiger partial charge is 0.476 e. The van der Waals surface area contributed by atoms with Crippen molar-refractivity contribution < 1.29 is 14.3 Å². The van der Waals surface area contributed by atoms with Crippen molar-refractivity contribution in [2.45, 2.75) is 6.54 Å². The number of benzene rings is 1. The number of rotatable bonds is 4. The number of nitrogens with one attached hydrogen (secondary N) is 1. The van der Waals surface area contributed by atoms with Crippen LogP contribution in [0.3, 0.4) is 0 Å². The monoisotopic (exact) mass is 277 g/mol. The van der Waals surface area contributed by atoms with Gasteiger partial charge in [-0.05, 0) is 12.1 Å². The van der Waals surface area contributed by atoms with Crippen LogP contribution in [0.4, 0.5) is 10.1 Å². The van der Waals surface area contributed by atoms with Gasteiger partial charge in [0.25, 0.3) is 0 Å². The van der Waals surface area contributed by atoms with Crippen molar-refractivity contribution in [3.63, 3.8) is 0 Å². The fourth-order valence-electron chi connectivity index (χ4n) is 1.45. The molecule has 0 amide bonds. The van der Waals surface area contributed by atoms with Crippen LogP contribution in [0.5, 0.6) is 0 Å². The van der Waals surface area contributed by atoms with Gasteiger partial charge < -0.3 is 10.4 Å². The van der Waals surface area contributed by atoms with E-state index in [1.807, 2.05) is 0 Å². The van der Waals surface area contributed by atoms with E-state index in [0.29, 0.717) is 10.7 Å². The van der Waals surface area contributed by atoms with Crippen molar-refractivity contribution in [1.82, 2.24) is 4.98 Å². The van der Waals surface area contributed by atoms with E-state index in [0.717, 1.165) is 0 Å². The van der Waals surface area contributed by atoms with Crippen LogP contribution < -0.4 is 5.32 Å². The molecule has 0 saturated heterocycles. The number of nitriles is 1. The number of carbonyl (C=O) groups is 1. The normalized spacial score (nSPS) is 9.89. The Kier molecular flexibility index (Phi) is 3.73. The van der Waals surface area contributed by atoms with Gasteiger partial charge in [0.15, 0.2) is 5.69 Å². The van der Waals surface area contributed by atoms with Crippen molar-refractivity contribution in [2.75, 3.05) is 5.32 Å². The Morgan fingerprint density at radius 2 is 2.37 bits per heavy atom. The predicted molar refractivity (Wildman–Crippen MR) is 67.5 cm³/mol. The molecular formula is C12H8FN3O2S. The van der Waals surface area contributed by atoms with Gasteiger partial charge in [0, 0.05) is 5.38 Å². The molecule has 2 N–H and O–H groups in total. The first-order valence-electron chi connectivity index (χ1n) is 5.22. The lowest BCUT2D eigenvalue weighted by Gasteiger charge is -2.06. The molecule has 96 valence electrons. The van der Waals surface area contributed by atoms with Crippen LogP contribution in [0.15, 0.2) is 23.6 Å². The minimum Gasteiger partial charge on any atom is -0.476 e. The fourth-order valence-corrected chi connectivity index (χ4v) is 2.15. The zero-order chi connectivity index (χ0) is 13.8. The van der Waals surface area contributed by atoms with Crippen molar-refractivity contribution >= 4 is 23.0 Å². The molecule has 0 fully saturated rings. The van der Waals surface area contributed by atoms with Gasteiger partial charge in [-0.3, -0.25) is 0 Å².